The number of ether oxygens (including phenoxy) is 1. The van der Waals surface area contributed by atoms with Crippen molar-refractivity contribution >= 4 is 28.6 Å². The fraction of sp³-hybridized carbons (Fsp3) is 0.316. The first-order valence-electron chi connectivity index (χ1n) is 8.27. The van der Waals surface area contributed by atoms with E-state index >= 15 is 0 Å². The molecule has 0 saturated carbocycles. The molecule has 0 spiro atoms. The van der Waals surface area contributed by atoms with Crippen LogP contribution in [-0.2, 0) is 19.1 Å². The second-order valence-corrected chi connectivity index (χ2v) is 6.12. The van der Waals surface area contributed by atoms with Gasteiger partial charge in [0.1, 0.15) is 6.04 Å². The first-order chi connectivity index (χ1) is 12.0. The molecule has 6 nitrogen and oxygen atoms in total. The van der Waals surface area contributed by atoms with Gasteiger partial charge in [-0.05, 0) is 29.7 Å². The largest absolute Gasteiger partial charge is 0.454 e. The normalized spacial score (nSPS) is 17.8. The van der Waals surface area contributed by atoms with Crippen LogP contribution in [-0.4, -0.2) is 30.4 Å². The summed E-state index contributed by atoms with van der Waals surface area (Å²) < 4.78 is 4.99. The lowest BCUT2D eigenvalue weighted by Gasteiger charge is -2.17. The van der Waals surface area contributed by atoms with Gasteiger partial charge in [0.25, 0.3) is 5.91 Å². The summed E-state index contributed by atoms with van der Waals surface area (Å²) in [6.45, 7) is 1.53. The standard InChI is InChI=1S/C19H20N2O4/c1-12(14-8-4-6-13-5-2-3-7-15(13)14)20-18(23)11-25-19(24)16-9-10-17(22)21-16/h2-8,12,16H,9-11H2,1H3,(H,20,23)(H,21,22)/t12-,16+/m1/s1. The first-order valence-corrected chi connectivity index (χ1v) is 8.27. The van der Waals surface area contributed by atoms with Crippen LogP contribution in [0.25, 0.3) is 10.8 Å². The highest BCUT2D eigenvalue weighted by Gasteiger charge is 2.28. The number of carbonyl (C=O) groups excluding carboxylic acids is 3. The minimum absolute atomic E-state index is 0.170. The van der Waals surface area contributed by atoms with Crippen molar-refractivity contribution in [3.8, 4) is 0 Å². The molecule has 130 valence electrons. The summed E-state index contributed by atoms with van der Waals surface area (Å²) in [5.74, 6) is -1.12. The Morgan fingerprint density at radius 1 is 1.24 bits per heavy atom. The van der Waals surface area contributed by atoms with Crippen molar-refractivity contribution in [2.24, 2.45) is 0 Å². The van der Waals surface area contributed by atoms with Gasteiger partial charge >= 0.3 is 5.97 Å². The fourth-order valence-electron chi connectivity index (χ4n) is 3.02. The van der Waals surface area contributed by atoms with Crippen LogP contribution in [0.2, 0.25) is 0 Å². The summed E-state index contributed by atoms with van der Waals surface area (Å²) in [5, 5.41) is 7.53. The second kappa shape index (κ2) is 7.34. The van der Waals surface area contributed by atoms with Crippen molar-refractivity contribution in [2.45, 2.75) is 31.8 Å². The Morgan fingerprint density at radius 2 is 2.00 bits per heavy atom. The lowest BCUT2D eigenvalue weighted by molar-refractivity contribution is -0.150. The Balaban J connectivity index is 1.57. The van der Waals surface area contributed by atoms with Crippen LogP contribution < -0.4 is 10.6 Å². The maximum absolute atomic E-state index is 12.1. The molecule has 1 heterocycles. The minimum Gasteiger partial charge on any atom is -0.454 e. The third kappa shape index (κ3) is 3.96. The van der Waals surface area contributed by atoms with Crippen LogP contribution in [0.5, 0.6) is 0 Å². The van der Waals surface area contributed by atoms with E-state index in [0.29, 0.717) is 12.8 Å². The lowest BCUT2D eigenvalue weighted by atomic mass is 10.00. The summed E-state index contributed by atoms with van der Waals surface area (Å²) in [7, 11) is 0. The summed E-state index contributed by atoms with van der Waals surface area (Å²) in [6.07, 6.45) is 0.718. The van der Waals surface area contributed by atoms with Gasteiger partial charge in [-0.2, -0.15) is 0 Å². The Kier molecular flexibility index (Phi) is 4.97. The van der Waals surface area contributed by atoms with Crippen LogP contribution in [0.3, 0.4) is 0 Å². The third-order valence-corrected chi connectivity index (χ3v) is 4.29. The van der Waals surface area contributed by atoms with E-state index in [-0.39, 0.29) is 24.5 Å². The number of benzene rings is 2. The van der Waals surface area contributed by atoms with Crippen molar-refractivity contribution in [2.75, 3.05) is 6.61 Å². The van der Waals surface area contributed by atoms with Crippen molar-refractivity contribution in [1.29, 1.82) is 0 Å². The topological polar surface area (TPSA) is 84.5 Å². The summed E-state index contributed by atoms with van der Waals surface area (Å²) in [5.41, 5.74) is 1.00. The number of hydrogen-bond donors (Lipinski definition) is 2. The Hall–Kier alpha value is -2.89. The Morgan fingerprint density at radius 3 is 2.76 bits per heavy atom. The SMILES string of the molecule is C[C@@H](NC(=O)COC(=O)[C@@H]1CCC(=O)N1)c1cccc2ccccc12. The van der Waals surface area contributed by atoms with Gasteiger partial charge in [0, 0.05) is 6.42 Å². The number of carbonyl (C=O) groups is 3. The Bertz CT molecular complexity index is 813. The minimum atomic E-state index is -0.643. The summed E-state index contributed by atoms with van der Waals surface area (Å²) in [6, 6.07) is 13.0. The average Bonchev–Trinajstić information content (AvgIpc) is 3.05. The van der Waals surface area contributed by atoms with Gasteiger partial charge in [-0.1, -0.05) is 42.5 Å². The van der Waals surface area contributed by atoms with E-state index in [1.165, 1.54) is 0 Å². The van der Waals surface area contributed by atoms with Gasteiger partial charge in [0.2, 0.25) is 5.91 Å². The van der Waals surface area contributed by atoms with E-state index in [2.05, 4.69) is 10.6 Å². The molecule has 1 aliphatic rings. The molecular formula is C19H20N2O4. The molecule has 1 saturated heterocycles. The lowest BCUT2D eigenvalue weighted by Crippen LogP contribution is -2.37. The smallest absolute Gasteiger partial charge is 0.329 e. The molecule has 3 rings (SSSR count). The predicted octanol–water partition coefficient (Wildman–Crippen LogP) is 1.84. The quantitative estimate of drug-likeness (QED) is 0.814. The van der Waals surface area contributed by atoms with E-state index in [1.807, 2.05) is 49.4 Å². The molecule has 0 aromatic heterocycles. The van der Waals surface area contributed by atoms with Gasteiger partial charge < -0.3 is 15.4 Å². The highest BCUT2D eigenvalue weighted by molar-refractivity contribution is 5.90. The van der Waals surface area contributed by atoms with Crippen LogP contribution in [0.15, 0.2) is 42.5 Å². The van der Waals surface area contributed by atoms with Crippen LogP contribution in [0, 0.1) is 0 Å². The van der Waals surface area contributed by atoms with Crippen molar-refractivity contribution < 1.29 is 19.1 Å². The number of amides is 2. The molecule has 2 amide bonds. The molecular weight excluding hydrogens is 320 g/mol. The molecule has 0 radical (unpaired) electrons. The predicted molar refractivity (Wildman–Crippen MR) is 92.6 cm³/mol. The average molecular weight is 340 g/mol. The zero-order chi connectivity index (χ0) is 17.8. The van der Waals surface area contributed by atoms with Gasteiger partial charge in [-0.15, -0.1) is 0 Å². The van der Waals surface area contributed by atoms with Crippen molar-refractivity contribution in [3.63, 3.8) is 0 Å². The maximum atomic E-state index is 12.1. The zero-order valence-corrected chi connectivity index (χ0v) is 14.0. The highest BCUT2D eigenvalue weighted by Crippen LogP contribution is 2.23. The second-order valence-electron chi connectivity index (χ2n) is 6.12. The van der Waals surface area contributed by atoms with E-state index in [9.17, 15) is 14.4 Å². The Labute approximate surface area is 145 Å². The monoisotopic (exact) mass is 340 g/mol. The fourth-order valence-corrected chi connectivity index (χ4v) is 3.02. The molecule has 2 aromatic carbocycles. The van der Waals surface area contributed by atoms with Crippen molar-refractivity contribution in [3.05, 3.63) is 48.0 Å². The first kappa shape index (κ1) is 17.0. The molecule has 2 atom stereocenters. The van der Waals surface area contributed by atoms with E-state index in [1.54, 1.807) is 0 Å². The summed E-state index contributed by atoms with van der Waals surface area (Å²) in [4.78, 5) is 35.0. The third-order valence-electron chi connectivity index (χ3n) is 4.29. The van der Waals surface area contributed by atoms with Crippen LogP contribution >= 0.6 is 0 Å². The number of rotatable bonds is 5. The molecule has 25 heavy (non-hydrogen) atoms. The molecule has 0 unspecified atom stereocenters. The number of fused-ring (bicyclic) bond motifs is 1. The highest BCUT2D eigenvalue weighted by atomic mass is 16.5. The zero-order valence-electron chi connectivity index (χ0n) is 14.0. The maximum Gasteiger partial charge on any atom is 0.329 e. The number of hydrogen-bond acceptors (Lipinski definition) is 4. The van der Waals surface area contributed by atoms with Gasteiger partial charge in [-0.3, -0.25) is 9.59 Å². The molecule has 0 aliphatic carbocycles. The number of nitrogens with one attached hydrogen (secondary N) is 2. The molecule has 6 heteroatoms. The number of esters is 1. The van der Waals surface area contributed by atoms with Gasteiger partial charge in [0.15, 0.2) is 6.61 Å². The van der Waals surface area contributed by atoms with Crippen LogP contribution in [0.1, 0.15) is 31.4 Å². The van der Waals surface area contributed by atoms with E-state index in [0.717, 1.165) is 16.3 Å². The molecule has 1 fully saturated rings. The van der Waals surface area contributed by atoms with E-state index < -0.39 is 12.0 Å². The van der Waals surface area contributed by atoms with Gasteiger partial charge in [0.05, 0.1) is 6.04 Å². The molecule has 0 bridgehead atoms. The summed E-state index contributed by atoms with van der Waals surface area (Å²) >= 11 is 0. The molecule has 2 aromatic rings. The van der Waals surface area contributed by atoms with Crippen molar-refractivity contribution in [1.82, 2.24) is 10.6 Å². The van der Waals surface area contributed by atoms with Crippen LogP contribution in [0.4, 0.5) is 0 Å². The molecule has 2 N–H and O–H groups in total. The van der Waals surface area contributed by atoms with E-state index in [4.69, 9.17) is 4.74 Å². The molecule has 1 aliphatic heterocycles. The van der Waals surface area contributed by atoms with Gasteiger partial charge in [-0.25, -0.2) is 4.79 Å².